The number of nitrogens with zero attached hydrogens (tertiary/aromatic N) is 2. The Kier molecular flexibility index (Phi) is 4.78. The van der Waals surface area contributed by atoms with Crippen molar-refractivity contribution in [1.82, 2.24) is 0 Å². The summed E-state index contributed by atoms with van der Waals surface area (Å²) in [5.74, 6) is 0. The number of benzene rings is 3. The second-order valence-corrected chi connectivity index (χ2v) is 16.8. The van der Waals surface area contributed by atoms with E-state index in [9.17, 15) is 9.59 Å². The summed E-state index contributed by atoms with van der Waals surface area (Å²) in [5, 5.41) is 0. The molecular weight excluding hydrogens is 422 g/mol. The van der Waals surface area contributed by atoms with Crippen molar-refractivity contribution in [2.24, 2.45) is 6.30 Å². The number of hydrogen-bond donors (Lipinski definition) is 0. The average molecular weight is 437 g/mol. The van der Waals surface area contributed by atoms with E-state index in [1.54, 1.807) is 12.2 Å². The molecule has 0 aliphatic heterocycles. The Balaban J connectivity index is 2.63. The van der Waals surface area contributed by atoms with Crippen LogP contribution < -0.4 is 10.5 Å². The van der Waals surface area contributed by atoms with E-state index in [1.165, 1.54) is 0 Å². The summed E-state index contributed by atoms with van der Waals surface area (Å²) in [6.45, 7) is 0. The van der Waals surface area contributed by atoms with E-state index in [0.717, 1.165) is 10.5 Å². The molecule has 0 heterocycles. The first-order valence-corrected chi connectivity index (χ1v) is 13.8. The van der Waals surface area contributed by atoms with E-state index in [0.29, 0.717) is 0 Å². The fourth-order valence-electron chi connectivity index (χ4n) is 3.11. The summed E-state index contributed by atoms with van der Waals surface area (Å²) in [6.07, 6.45) is 3.44. The van der Waals surface area contributed by atoms with Gasteiger partial charge in [-0.05, 0) is 0 Å². The first-order valence-electron chi connectivity index (χ1n) is 7.66. The van der Waals surface area contributed by atoms with Crippen molar-refractivity contribution in [3.05, 3.63) is 91.0 Å². The SMILES string of the molecule is O=C=[N][Sb]([N]=C=O)([c]1ccccc1)([c]1ccccc1)[c]1ccccc1. The van der Waals surface area contributed by atoms with Crippen molar-refractivity contribution in [2.45, 2.75) is 0 Å². The van der Waals surface area contributed by atoms with Crippen molar-refractivity contribution >= 4 is 40.6 Å². The quantitative estimate of drug-likeness (QED) is 0.347. The first kappa shape index (κ1) is 17.1. The van der Waals surface area contributed by atoms with Gasteiger partial charge in [-0.1, -0.05) is 0 Å². The molecule has 0 atom stereocenters. The summed E-state index contributed by atoms with van der Waals surface area (Å²) in [7, 11) is 0. The fourth-order valence-corrected chi connectivity index (χ4v) is 15.0. The van der Waals surface area contributed by atoms with Gasteiger partial charge in [-0.25, -0.2) is 0 Å². The number of hydrogen-bond acceptors (Lipinski definition) is 4. The molecule has 0 fully saturated rings. The second kappa shape index (κ2) is 7.01. The van der Waals surface area contributed by atoms with Gasteiger partial charge in [0, 0.05) is 0 Å². The Morgan fingerprint density at radius 3 is 1.04 bits per heavy atom. The first-order chi connectivity index (χ1) is 12.3. The van der Waals surface area contributed by atoms with Crippen LogP contribution in [0.4, 0.5) is 0 Å². The van der Waals surface area contributed by atoms with Crippen LogP contribution in [-0.2, 0) is 9.59 Å². The van der Waals surface area contributed by atoms with Crippen LogP contribution in [-0.4, -0.2) is 30.1 Å². The molecule has 0 bridgehead atoms. The summed E-state index contributed by atoms with van der Waals surface area (Å²) < 4.78 is 11.0. The van der Waals surface area contributed by atoms with Crippen LogP contribution in [0.15, 0.2) is 97.3 Å². The van der Waals surface area contributed by atoms with Gasteiger partial charge in [0.05, 0.1) is 0 Å². The van der Waals surface area contributed by atoms with Crippen LogP contribution >= 0.6 is 0 Å². The Labute approximate surface area is 147 Å². The third kappa shape index (κ3) is 2.58. The zero-order valence-corrected chi connectivity index (χ0v) is 15.9. The summed E-state index contributed by atoms with van der Waals surface area (Å²) >= 11 is -5.15. The summed E-state index contributed by atoms with van der Waals surface area (Å²) in [5.41, 5.74) is 0. The normalized spacial score (nSPS) is 12.1. The molecule has 5 heteroatoms. The van der Waals surface area contributed by atoms with Gasteiger partial charge in [-0.2, -0.15) is 0 Å². The van der Waals surface area contributed by atoms with E-state index in [1.807, 2.05) is 91.0 Å². The number of carbonyl (C=O) groups excluding carboxylic acids is 2. The second-order valence-electron chi connectivity index (χ2n) is 5.41. The van der Waals surface area contributed by atoms with Crippen molar-refractivity contribution < 1.29 is 9.59 Å². The molecule has 0 unspecified atom stereocenters. The maximum absolute atomic E-state index is 11.6. The van der Waals surface area contributed by atoms with Crippen LogP contribution in [0.3, 0.4) is 0 Å². The molecule has 0 N–H and O–H groups in total. The summed E-state index contributed by atoms with van der Waals surface area (Å²) in [4.78, 5) is 23.2. The van der Waals surface area contributed by atoms with Crippen molar-refractivity contribution in [2.75, 3.05) is 0 Å². The number of isocyanates is 2. The Bertz CT molecular complexity index is 841. The number of rotatable bonds is 5. The predicted molar refractivity (Wildman–Crippen MR) is 100 cm³/mol. The van der Waals surface area contributed by atoms with Gasteiger partial charge in [0.2, 0.25) is 0 Å². The van der Waals surface area contributed by atoms with Crippen LogP contribution in [0.25, 0.3) is 0 Å². The molecule has 0 aliphatic carbocycles. The molecule has 25 heavy (non-hydrogen) atoms. The monoisotopic (exact) mass is 436 g/mol. The topological polar surface area (TPSA) is 58.9 Å². The Morgan fingerprint density at radius 1 is 0.520 bits per heavy atom. The van der Waals surface area contributed by atoms with Gasteiger partial charge < -0.3 is 0 Å². The van der Waals surface area contributed by atoms with Crippen LogP contribution in [0.1, 0.15) is 0 Å². The van der Waals surface area contributed by atoms with Crippen molar-refractivity contribution in [3.8, 4) is 0 Å². The molecule has 122 valence electrons. The third-order valence-electron chi connectivity index (χ3n) is 4.21. The van der Waals surface area contributed by atoms with Gasteiger partial charge in [0.1, 0.15) is 0 Å². The zero-order chi connectivity index (χ0) is 17.6. The third-order valence-corrected chi connectivity index (χ3v) is 17.8. The molecule has 3 rings (SSSR count). The minimum absolute atomic E-state index is 0.749. The Hall–Kier alpha value is -2.76. The molecular formula is C20H15N2O2Sb. The molecule has 0 radical (unpaired) electrons. The van der Waals surface area contributed by atoms with Gasteiger partial charge >= 0.3 is 148 Å². The summed E-state index contributed by atoms with van der Waals surface area (Å²) in [6, 6.07) is 27.9. The standard InChI is InChI=1S/3C6H5.2CNO.Sb/c3*1-2-4-6-5-3-1;2*2-1-3;/h3*1-5H;;;/q;;;2*-1;+2. The van der Waals surface area contributed by atoms with E-state index >= 15 is 0 Å². The van der Waals surface area contributed by atoms with Crippen LogP contribution in [0, 0.1) is 0 Å². The van der Waals surface area contributed by atoms with Gasteiger partial charge in [-0.15, -0.1) is 0 Å². The molecule has 3 aromatic carbocycles. The maximum atomic E-state index is 11.6. The predicted octanol–water partition coefficient (Wildman–Crippen LogP) is 1.78. The van der Waals surface area contributed by atoms with Gasteiger partial charge in [0.15, 0.2) is 0 Å². The minimum atomic E-state index is -5.15. The van der Waals surface area contributed by atoms with Crippen LogP contribution in [0.2, 0.25) is 0 Å². The van der Waals surface area contributed by atoms with Gasteiger partial charge in [0.25, 0.3) is 0 Å². The molecule has 0 aromatic heterocycles. The van der Waals surface area contributed by atoms with Gasteiger partial charge in [-0.3, -0.25) is 0 Å². The molecule has 0 spiro atoms. The zero-order valence-electron chi connectivity index (χ0n) is 13.3. The molecule has 0 amide bonds. The van der Waals surface area contributed by atoms with Crippen molar-refractivity contribution in [1.29, 1.82) is 0 Å². The van der Waals surface area contributed by atoms with Crippen LogP contribution in [0.5, 0.6) is 0 Å². The van der Waals surface area contributed by atoms with Crippen molar-refractivity contribution in [3.63, 3.8) is 0 Å². The molecule has 4 nitrogen and oxygen atoms in total. The average Bonchev–Trinajstić information content (AvgIpc) is 2.70. The molecule has 0 saturated heterocycles. The Morgan fingerprint density at radius 2 is 0.800 bits per heavy atom. The molecule has 0 saturated carbocycles. The van der Waals surface area contributed by atoms with E-state index < -0.39 is 18.0 Å². The van der Waals surface area contributed by atoms with E-state index in [2.05, 4.69) is 6.30 Å². The fraction of sp³-hybridized carbons (Fsp3) is 0. The molecule has 3 aromatic rings. The van der Waals surface area contributed by atoms with E-state index in [-0.39, 0.29) is 0 Å². The van der Waals surface area contributed by atoms with E-state index in [4.69, 9.17) is 0 Å². The molecule has 0 aliphatic rings.